The molecule has 0 amide bonds. The Labute approximate surface area is 127 Å². The van der Waals surface area contributed by atoms with Gasteiger partial charge in [-0.25, -0.2) is 0 Å². The van der Waals surface area contributed by atoms with E-state index in [1.165, 1.54) is 5.56 Å². The highest BCUT2D eigenvalue weighted by Gasteiger charge is 2.11. The average molecular weight is 287 g/mol. The van der Waals surface area contributed by atoms with E-state index >= 15 is 0 Å². The fourth-order valence-corrected chi connectivity index (χ4v) is 2.16. The monoisotopic (exact) mass is 287 g/mol. The standard InChI is InChI=1S/C17H25N3O/c1-13-8-9-19-20(13)12-15-10-14(6-7-16(15)21-5)11-18-17(2,3)4/h6-10,18H,11-12H2,1-5H3. The van der Waals surface area contributed by atoms with Gasteiger partial charge in [0.05, 0.1) is 13.7 Å². The molecular weight excluding hydrogens is 262 g/mol. The number of benzene rings is 1. The summed E-state index contributed by atoms with van der Waals surface area (Å²) < 4.78 is 7.46. The first-order chi connectivity index (χ1) is 9.89. The van der Waals surface area contributed by atoms with Gasteiger partial charge in [0, 0.05) is 29.5 Å². The van der Waals surface area contributed by atoms with Crippen molar-refractivity contribution < 1.29 is 4.74 Å². The molecular formula is C17H25N3O. The molecule has 0 fully saturated rings. The van der Waals surface area contributed by atoms with Crippen LogP contribution in [0, 0.1) is 6.92 Å². The molecule has 0 aliphatic rings. The lowest BCUT2D eigenvalue weighted by atomic mass is 10.1. The van der Waals surface area contributed by atoms with E-state index in [0.29, 0.717) is 0 Å². The molecule has 1 N–H and O–H groups in total. The van der Waals surface area contributed by atoms with Gasteiger partial charge in [0.2, 0.25) is 0 Å². The van der Waals surface area contributed by atoms with E-state index in [2.05, 4.69) is 50.2 Å². The molecule has 1 aromatic carbocycles. The van der Waals surface area contributed by atoms with Gasteiger partial charge in [-0.05, 0) is 51.5 Å². The van der Waals surface area contributed by atoms with E-state index < -0.39 is 0 Å². The van der Waals surface area contributed by atoms with Crippen molar-refractivity contribution in [3.63, 3.8) is 0 Å². The minimum Gasteiger partial charge on any atom is -0.496 e. The number of methoxy groups -OCH3 is 1. The van der Waals surface area contributed by atoms with Crippen molar-refractivity contribution in [1.82, 2.24) is 15.1 Å². The van der Waals surface area contributed by atoms with Crippen molar-refractivity contribution in [2.45, 2.75) is 46.3 Å². The van der Waals surface area contributed by atoms with Gasteiger partial charge in [-0.3, -0.25) is 4.68 Å². The molecule has 1 heterocycles. The second-order valence-electron chi connectivity index (χ2n) is 6.38. The van der Waals surface area contributed by atoms with E-state index in [-0.39, 0.29) is 5.54 Å². The Morgan fingerprint density at radius 1 is 1.24 bits per heavy atom. The molecule has 0 radical (unpaired) electrons. The van der Waals surface area contributed by atoms with Gasteiger partial charge in [0.25, 0.3) is 0 Å². The van der Waals surface area contributed by atoms with Crippen LogP contribution in [0.2, 0.25) is 0 Å². The maximum absolute atomic E-state index is 5.47. The molecule has 0 atom stereocenters. The van der Waals surface area contributed by atoms with E-state index in [4.69, 9.17) is 4.74 Å². The third kappa shape index (κ3) is 4.33. The minimum absolute atomic E-state index is 0.110. The van der Waals surface area contributed by atoms with Crippen molar-refractivity contribution in [3.05, 3.63) is 47.3 Å². The van der Waals surface area contributed by atoms with Crippen LogP contribution in [0.3, 0.4) is 0 Å². The molecule has 21 heavy (non-hydrogen) atoms. The van der Waals surface area contributed by atoms with Crippen LogP contribution in [0.15, 0.2) is 30.5 Å². The first-order valence-corrected chi connectivity index (χ1v) is 7.28. The summed E-state index contributed by atoms with van der Waals surface area (Å²) in [6, 6.07) is 8.35. The Balaban J connectivity index is 2.20. The highest BCUT2D eigenvalue weighted by Crippen LogP contribution is 2.21. The molecule has 4 heteroatoms. The number of rotatable bonds is 5. The van der Waals surface area contributed by atoms with Crippen molar-refractivity contribution in [2.75, 3.05) is 7.11 Å². The largest absolute Gasteiger partial charge is 0.496 e. The number of nitrogens with one attached hydrogen (secondary N) is 1. The summed E-state index contributed by atoms with van der Waals surface area (Å²) in [5, 5.41) is 7.86. The summed E-state index contributed by atoms with van der Waals surface area (Å²) in [7, 11) is 1.71. The highest BCUT2D eigenvalue weighted by molar-refractivity contribution is 5.37. The first kappa shape index (κ1) is 15.6. The third-order valence-corrected chi connectivity index (χ3v) is 3.42. The maximum Gasteiger partial charge on any atom is 0.123 e. The SMILES string of the molecule is COc1ccc(CNC(C)(C)C)cc1Cn1nccc1C. The second-order valence-corrected chi connectivity index (χ2v) is 6.38. The normalized spacial score (nSPS) is 11.7. The van der Waals surface area contributed by atoms with Crippen molar-refractivity contribution in [2.24, 2.45) is 0 Å². The van der Waals surface area contributed by atoms with Crippen LogP contribution in [-0.4, -0.2) is 22.4 Å². The Kier molecular flexibility index (Phi) is 4.68. The molecule has 2 aromatic rings. The van der Waals surface area contributed by atoms with Gasteiger partial charge >= 0.3 is 0 Å². The number of hydrogen-bond acceptors (Lipinski definition) is 3. The fraction of sp³-hybridized carbons (Fsp3) is 0.471. The Bertz CT molecular complexity index is 596. The molecule has 0 bridgehead atoms. The second kappa shape index (κ2) is 6.31. The Hall–Kier alpha value is -1.81. The smallest absolute Gasteiger partial charge is 0.123 e. The van der Waals surface area contributed by atoms with Crippen molar-refractivity contribution in [3.8, 4) is 5.75 Å². The summed E-state index contributed by atoms with van der Waals surface area (Å²) >= 11 is 0. The molecule has 0 saturated heterocycles. The highest BCUT2D eigenvalue weighted by atomic mass is 16.5. The van der Waals surface area contributed by atoms with Gasteiger partial charge < -0.3 is 10.1 Å². The molecule has 0 aliphatic heterocycles. The van der Waals surface area contributed by atoms with Crippen LogP contribution in [0.4, 0.5) is 0 Å². The molecule has 0 unspecified atom stereocenters. The summed E-state index contributed by atoms with van der Waals surface area (Å²) in [6.45, 7) is 10.1. The lowest BCUT2D eigenvalue weighted by molar-refractivity contribution is 0.405. The van der Waals surface area contributed by atoms with Gasteiger partial charge in [0.15, 0.2) is 0 Å². The number of aryl methyl sites for hydroxylation is 1. The summed E-state index contributed by atoms with van der Waals surface area (Å²) in [5.74, 6) is 0.907. The predicted molar refractivity (Wildman–Crippen MR) is 85.7 cm³/mol. The van der Waals surface area contributed by atoms with Crippen LogP contribution < -0.4 is 10.1 Å². The van der Waals surface area contributed by atoms with Crippen LogP contribution in [0.5, 0.6) is 5.75 Å². The van der Waals surface area contributed by atoms with Gasteiger partial charge in [-0.15, -0.1) is 0 Å². The van der Waals surface area contributed by atoms with Gasteiger partial charge in [-0.2, -0.15) is 5.10 Å². The zero-order valence-corrected chi connectivity index (χ0v) is 13.6. The van der Waals surface area contributed by atoms with Crippen molar-refractivity contribution in [1.29, 1.82) is 0 Å². The first-order valence-electron chi connectivity index (χ1n) is 7.28. The van der Waals surface area contributed by atoms with Crippen molar-refractivity contribution >= 4 is 0 Å². The quantitative estimate of drug-likeness (QED) is 0.918. The topological polar surface area (TPSA) is 39.1 Å². The molecule has 4 nitrogen and oxygen atoms in total. The van der Waals surface area contributed by atoms with E-state index in [0.717, 1.165) is 30.1 Å². The summed E-state index contributed by atoms with van der Waals surface area (Å²) in [5.41, 5.74) is 3.66. The number of nitrogens with zero attached hydrogens (tertiary/aromatic N) is 2. The average Bonchev–Trinajstić information content (AvgIpc) is 2.81. The Morgan fingerprint density at radius 3 is 2.57 bits per heavy atom. The molecule has 1 aromatic heterocycles. The molecule has 0 aliphatic carbocycles. The summed E-state index contributed by atoms with van der Waals surface area (Å²) in [4.78, 5) is 0. The number of ether oxygens (including phenoxy) is 1. The molecule has 114 valence electrons. The van der Waals surface area contributed by atoms with E-state index in [1.54, 1.807) is 7.11 Å². The number of hydrogen-bond donors (Lipinski definition) is 1. The molecule has 2 rings (SSSR count). The van der Waals surface area contributed by atoms with E-state index in [9.17, 15) is 0 Å². The van der Waals surface area contributed by atoms with Crippen LogP contribution in [0.25, 0.3) is 0 Å². The summed E-state index contributed by atoms with van der Waals surface area (Å²) in [6.07, 6.45) is 1.83. The zero-order valence-electron chi connectivity index (χ0n) is 13.6. The van der Waals surface area contributed by atoms with Crippen LogP contribution in [0.1, 0.15) is 37.6 Å². The van der Waals surface area contributed by atoms with Crippen LogP contribution >= 0.6 is 0 Å². The lowest BCUT2D eigenvalue weighted by Crippen LogP contribution is -2.35. The minimum atomic E-state index is 0.110. The van der Waals surface area contributed by atoms with Gasteiger partial charge in [-0.1, -0.05) is 6.07 Å². The third-order valence-electron chi connectivity index (χ3n) is 3.42. The maximum atomic E-state index is 5.47. The fourth-order valence-electron chi connectivity index (χ4n) is 2.16. The van der Waals surface area contributed by atoms with E-state index in [1.807, 2.05) is 23.0 Å². The predicted octanol–water partition coefficient (Wildman–Crippen LogP) is 3.14. The van der Waals surface area contributed by atoms with Gasteiger partial charge in [0.1, 0.15) is 5.75 Å². The number of aromatic nitrogens is 2. The lowest BCUT2D eigenvalue weighted by Gasteiger charge is -2.21. The van der Waals surface area contributed by atoms with Crippen LogP contribution in [-0.2, 0) is 13.1 Å². The molecule has 0 spiro atoms. The Morgan fingerprint density at radius 2 is 2.00 bits per heavy atom. The molecule has 0 saturated carbocycles. The zero-order chi connectivity index (χ0) is 15.5.